The predicted molar refractivity (Wildman–Crippen MR) is 75.0 cm³/mol. The maximum atomic E-state index is 11.8. The van der Waals surface area contributed by atoms with Crippen molar-refractivity contribution in [3.8, 4) is 5.06 Å². The molecule has 2 N–H and O–H groups in total. The second-order valence-electron chi connectivity index (χ2n) is 5.46. The molecule has 0 bridgehead atoms. The number of ether oxygens (including phenoxy) is 2. The zero-order chi connectivity index (χ0) is 14.9. The molecule has 0 atom stereocenters. The van der Waals surface area contributed by atoms with Gasteiger partial charge < -0.3 is 14.6 Å². The van der Waals surface area contributed by atoms with Crippen molar-refractivity contribution in [2.24, 2.45) is 0 Å². The Bertz CT molecular complexity index is 544. The molecule has 20 heavy (non-hydrogen) atoms. The Morgan fingerprint density at radius 1 is 1.40 bits per heavy atom. The third kappa shape index (κ3) is 3.22. The maximum absolute atomic E-state index is 11.8. The van der Waals surface area contributed by atoms with Gasteiger partial charge in [0.1, 0.15) is 16.2 Å². The molecule has 0 radical (unpaired) electrons. The molecule has 0 saturated heterocycles. The molecule has 0 unspecified atom stereocenters. The lowest BCUT2D eigenvalue weighted by atomic mass is 10.1. The quantitative estimate of drug-likeness (QED) is 0.876. The van der Waals surface area contributed by atoms with Crippen LogP contribution in [-0.2, 0) is 11.2 Å². The maximum Gasteiger partial charge on any atom is 0.412 e. The molecular formula is C13H17NO5S. The van der Waals surface area contributed by atoms with Crippen LogP contribution in [0, 0.1) is 0 Å². The van der Waals surface area contributed by atoms with E-state index in [0.717, 1.165) is 17.8 Å². The van der Waals surface area contributed by atoms with E-state index in [0.29, 0.717) is 23.7 Å². The van der Waals surface area contributed by atoms with Crippen molar-refractivity contribution >= 4 is 28.4 Å². The molecule has 2 heterocycles. The minimum atomic E-state index is -1.07. The van der Waals surface area contributed by atoms with E-state index in [1.807, 2.05) is 0 Å². The summed E-state index contributed by atoms with van der Waals surface area (Å²) in [6, 6.07) is 0. The molecule has 1 aromatic heterocycles. The van der Waals surface area contributed by atoms with E-state index in [4.69, 9.17) is 9.47 Å². The number of carboxylic acid groups (broad SMARTS) is 1. The third-order valence-electron chi connectivity index (χ3n) is 2.60. The lowest BCUT2D eigenvalue weighted by molar-refractivity contribution is 0.0636. The molecule has 7 heteroatoms. The molecule has 110 valence electrons. The number of carbonyl (C=O) groups is 2. The first-order valence-electron chi connectivity index (χ1n) is 6.29. The number of fused-ring (bicyclic) bond motifs is 1. The zero-order valence-electron chi connectivity index (χ0n) is 11.6. The number of hydrogen-bond donors (Lipinski definition) is 2. The Morgan fingerprint density at radius 3 is 2.70 bits per heavy atom. The number of thiophene rings is 1. The molecule has 2 rings (SSSR count). The van der Waals surface area contributed by atoms with Crippen LogP contribution in [0.3, 0.4) is 0 Å². The summed E-state index contributed by atoms with van der Waals surface area (Å²) < 4.78 is 10.6. The Balaban J connectivity index is 2.25. The van der Waals surface area contributed by atoms with Crippen molar-refractivity contribution in [1.82, 2.24) is 0 Å². The number of carboxylic acids is 1. The predicted octanol–water partition coefficient (Wildman–Crippen LogP) is 3.12. The van der Waals surface area contributed by atoms with Crippen molar-refractivity contribution in [3.63, 3.8) is 0 Å². The van der Waals surface area contributed by atoms with E-state index in [-0.39, 0.29) is 10.6 Å². The summed E-state index contributed by atoms with van der Waals surface area (Å²) in [6.45, 7) is 5.80. The van der Waals surface area contributed by atoms with Gasteiger partial charge >= 0.3 is 12.1 Å². The second kappa shape index (κ2) is 5.32. The molecule has 0 spiro atoms. The fourth-order valence-electron chi connectivity index (χ4n) is 1.91. The number of rotatable bonds is 2. The highest BCUT2D eigenvalue weighted by Crippen LogP contribution is 2.42. The molecule has 1 amide bonds. The molecule has 0 aliphatic carbocycles. The van der Waals surface area contributed by atoms with Crippen LogP contribution in [0.2, 0.25) is 0 Å². The molecule has 1 aliphatic rings. The summed E-state index contributed by atoms with van der Waals surface area (Å²) in [5, 5.41) is 12.6. The van der Waals surface area contributed by atoms with Crippen molar-refractivity contribution < 1.29 is 24.2 Å². The third-order valence-corrected chi connectivity index (χ3v) is 3.66. The van der Waals surface area contributed by atoms with Gasteiger partial charge in [-0.15, -0.1) is 0 Å². The summed E-state index contributed by atoms with van der Waals surface area (Å²) >= 11 is 1.13. The molecular weight excluding hydrogens is 282 g/mol. The number of nitrogens with one attached hydrogen (secondary N) is 1. The van der Waals surface area contributed by atoms with Gasteiger partial charge in [0.15, 0.2) is 5.06 Å². The smallest absolute Gasteiger partial charge is 0.412 e. The molecule has 1 aromatic rings. The highest BCUT2D eigenvalue weighted by molar-refractivity contribution is 7.18. The Morgan fingerprint density at radius 2 is 2.10 bits per heavy atom. The summed E-state index contributed by atoms with van der Waals surface area (Å²) in [5.74, 6) is -1.07. The Labute approximate surface area is 120 Å². The standard InChI is InChI=1S/C13H17NO5S/c1-13(2,3)19-12(17)14-9-8(10(15)16)7-5-4-6-18-11(7)20-9/h4-6H2,1-3H3,(H,14,17)(H,15,16). The van der Waals surface area contributed by atoms with Crippen LogP contribution >= 0.6 is 11.3 Å². The first kappa shape index (κ1) is 14.6. The number of amides is 1. The van der Waals surface area contributed by atoms with Crippen LogP contribution in [0.4, 0.5) is 9.80 Å². The van der Waals surface area contributed by atoms with Crippen LogP contribution in [0.1, 0.15) is 43.1 Å². The average molecular weight is 299 g/mol. The van der Waals surface area contributed by atoms with Gasteiger partial charge in [-0.1, -0.05) is 11.3 Å². The van der Waals surface area contributed by atoms with Gasteiger partial charge in [0.25, 0.3) is 0 Å². The first-order valence-corrected chi connectivity index (χ1v) is 7.11. The summed E-state index contributed by atoms with van der Waals surface area (Å²) in [6.07, 6.45) is 0.748. The largest absolute Gasteiger partial charge is 0.484 e. The number of aromatic carboxylic acids is 1. The average Bonchev–Trinajstić information content (AvgIpc) is 2.63. The molecule has 0 fully saturated rings. The first-order chi connectivity index (χ1) is 9.28. The molecule has 0 aromatic carbocycles. The van der Waals surface area contributed by atoms with Crippen molar-refractivity contribution in [3.05, 3.63) is 11.1 Å². The summed E-state index contributed by atoms with van der Waals surface area (Å²) in [5.41, 5.74) is 0.122. The van der Waals surface area contributed by atoms with Crippen LogP contribution in [0.5, 0.6) is 5.06 Å². The molecule has 0 saturated carbocycles. The van der Waals surface area contributed by atoms with E-state index < -0.39 is 17.7 Å². The lowest BCUT2D eigenvalue weighted by Gasteiger charge is -2.19. The van der Waals surface area contributed by atoms with Gasteiger partial charge in [-0.2, -0.15) is 0 Å². The Kier molecular flexibility index (Phi) is 3.89. The minimum Gasteiger partial charge on any atom is -0.484 e. The molecule has 1 aliphatic heterocycles. The fraction of sp³-hybridized carbons (Fsp3) is 0.538. The normalized spacial score (nSPS) is 14.2. The van der Waals surface area contributed by atoms with Crippen LogP contribution < -0.4 is 10.1 Å². The number of carbonyl (C=O) groups excluding carboxylic acids is 1. The van der Waals surface area contributed by atoms with E-state index in [1.165, 1.54) is 0 Å². The Hall–Kier alpha value is -1.76. The summed E-state index contributed by atoms with van der Waals surface area (Å²) in [4.78, 5) is 23.1. The monoisotopic (exact) mass is 299 g/mol. The van der Waals surface area contributed by atoms with Crippen LogP contribution in [0.15, 0.2) is 0 Å². The van der Waals surface area contributed by atoms with E-state index in [2.05, 4.69) is 5.32 Å². The van der Waals surface area contributed by atoms with Gasteiger partial charge in [0.05, 0.1) is 6.61 Å². The number of anilines is 1. The van der Waals surface area contributed by atoms with Gasteiger partial charge in [-0.25, -0.2) is 9.59 Å². The van der Waals surface area contributed by atoms with E-state index in [1.54, 1.807) is 20.8 Å². The van der Waals surface area contributed by atoms with Crippen LogP contribution in [-0.4, -0.2) is 29.4 Å². The van der Waals surface area contributed by atoms with Gasteiger partial charge in [0.2, 0.25) is 0 Å². The summed E-state index contributed by atoms with van der Waals surface area (Å²) in [7, 11) is 0. The molecule has 6 nitrogen and oxygen atoms in total. The highest BCUT2D eigenvalue weighted by Gasteiger charge is 2.28. The van der Waals surface area contributed by atoms with Crippen molar-refractivity contribution in [2.75, 3.05) is 11.9 Å². The lowest BCUT2D eigenvalue weighted by Crippen LogP contribution is -2.27. The second-order valence-corrected chi connectivity index (χ2v) is 6.44. The number of hydrogen-bond acceptors (Lipinski definition) is 5. The fourth-order valence-corrected chi connectivity index (χ4v) is 3.01. The minimum absolute atomic E-state index is 0.107. The topological polar surface area (TPSA) is 84.9 Å². The highest BCUT2D eigenvalue weighted by atomic mass is 32.1. The zero-order valence-corrected chi connectivity index (χ0v) is 12.4. The van der Waals surface area contributed by atoms with Crippen LogP contribution in [0.25, 0.3) is 0 Å². The van der Waals surface area contributed by atoms with Crippen molar-refractivity contribution in [1.29, 1.82) is 0 Å². The van der Waals surface area contributed by atoms with E-state index >= 15 is 0 Å². The van der Waals surface area contributed by atoms with Gasteiger partial charge in [-0.3, -0.25) is 5.32 Å². The van der Waals surface area contributed by atoms with Crippen molar-refractivity contribution in [2.45, 2.75) is 39.2 Å². The SMILES string of the molecule is CC(C)(C)OC(=O)Nc1sc2c(c1C(=O)O)CCCO2. The van der Waals surface area contributed by atoms with E-state index in [9.17, 15) is 14.7 Å². The van der Waals surface area contributed by atoms with Gasteiger partial charge in [-0.05, 0) is 33.6 Å². The van der Waals surface area contributed by atoms with Gasteiger partial charge in [0, 0.05) is 5.56 Å².